The predicted octanol–water partition coefficient (Wildman–Crippen LogP) is 4.07. The molecule has 0 bridgehead atoms. The topological polar surface area (TPSA) is 43.3 Å². The lowest BCUT2D eigenvalue weighted by Crippen LogP contribution is -2.40. The fourth-order valence-corrected chi connectivity index (χ4v) is 3.57. The molecule has 0 aliphatic rings. The number of hydrogen-bond donors (Lipinski definition) is 1. The molecule has 0 saturated heterocycles. The van der Waals surface area contributed by atoms with Crippen molar-refractivity contribution in [1.29, 1.82) is 0 Å². The first-order valence-corrected chi connectivity index (χ1v) is 8.76. The summed E-state index contributed by atoms with van der Waals surface area (Å²) in [6.07, 6.45) is -0.748. The van der Waals surface area contributed by atoms with E-state index in [1.807, 2.05) is 48.5 Å². The first-order valence-electron chi connectivity index (χ1n) is 6.60. The summed E-state index contributed by atoms with van der Waals surface area (Å²) in [6.45, 7) is 0.505. The van der Waals surface area contributed by atoms with E-state index in [0.29, 0.717) is 6.54 Å². The van der Waals surface area contributed by atoms with E-state index in [2.05, 4.69) is 45.2 Å². The minimum atomic E-state index is -0.748. The summed E-state index contributed by atoms with van der Waals surface area (Å²) < 4.78 is 1.57. The van der Waals surface area contributed by atoms with E-state index >= 15 is 0 Å². The maximum Gasteiger partial charge on any atom is 0.129 e. The molecule has 0 saturated carbocycles. The molecule has 0 fully saturated rings. The Balaban J connectivity index is 2.10. The van der Waals surface area contributed by atoms with Crippen molar-refractivity contribution in [3.05, 3.63) is 72.0 Å². The smallest absolute Gasteiger partial charge is 0.129 e. The molecule has 0 aliphatic heterocycles. The number of aliphatic hydroxyl groups is 1. The number of nitrogens with zero attached hydrogens (tertiary/aromatic N) is 1. The summed E-state index contributed by atoms with van der Waals surface area (Å²) in [7, 11) is 1.61. The first kappa shape index (κ1) is 17.1. The van der Waals surface area contributed by atoms with Crippen molar-refractivity contribution in [1.82, 2.24) is 0 Å². The summed E-state index contributed by atoms with van der Waals surface area (Å²) >= 11 is 4.42. The molecule has 21 heavy (non-hydrogen) atoms. The molecule has 2 atom stereocenters. The van der Waals surface area contributed by atoms with Crippen molar-refractivity contribution in [2.75, 3.05) is 13.6 Å². The largest absolute Gasteiger partial charge is 0.633 e. The van der Waals surface area contributed by atoms with E-state index in [4.69, 9.17) is 0 Å². The van der Waals surface area contributed by atoms with Crippen molar-refractivity contribution in [2.24, 2.45) is 0 Å². The van der Waals surface area contributed by atoms with Gasteiger partial charge in [0.2, 0.25) is 0 Å². The average Bonchev–Trinajstić information content (AvgIpc) is 2.41. The van der Waals surface area contributed by atoms with Gasteiger partial charge in [0.25, 0.3) is 0 Å². The third-order valence-corrected chi connectivity index (χ3v) is 5.32. The van der Waals surface area contributed by atoms with Gasteiger partial charge in [0.15, 0.2) is 0 Å². The van der Waals surface area contributed by atoms with Gasteiger partial charge >= 0.3 is 0 Å². The lowest BCUT2D eigenvalue weighted by molar-refractivity contribution is -0.878. The Morgan fingerprint density at radius 1 is 1.05 bits per heavy atom. The monoisotopic (exact) mass is 509 g/mol. The Labute approximate surface area is 152 Å². The maximum absolute atomic E-state index is 12.7. The molecule has 5 heteroatoms. The van der Waals surface area contributed by atoms with Gasteiger partial charge in [-0.1, -0.05) is 36.4 Å². The van der Waals surface area contributed by atoms with E-state index in [0.717, 1.165) is 18.3 Å². The predicted molar refractivity (Wildman–Crippen MR) is 101 cm³/mol. The van der Waals surface area contributed by atoms with Crippen LogP contribution in [0.3, 0.4) is 0 Å². The van der Waals surface area contributed by atoms with E-state index in [-0.39, 0.29) is 6.54 Å². The second-order valence-corrected chi connectivity index (χ2v) is 7.59. The third kappa shape index (κ3) is 4.88. The van der Waals surface area contributed by atoms with Crippen LogP contribution in [0.15, 0.2) is 48.5 Å². The molecular formula is C16H17I2NO2. The van der Waals surface area contributed by atoms with Gasteiger partial charge in [-0.2, -0.15) is 0 Å². The third-order valence-electron chi connectivity index (χ3n) is 3.29. The molecule has 0 spiro atoms. The number of rotatable bonds is 5. The van der Waals surface area contributed by atoms with Gasteiger partial charge in [0, 0.05) is 12.7 Å². The number of likely N-dealkylation sites (N-methyl/N-ethyl adjacent to an activating group) is 1. The molecule has 0 aliphatic carbocycles. The molecule has 112 valence electrons. The van der Waals surface area contributed by atoms with E-state index in [9.17, 15) is 10.3 Å². The molecule has 2 aromatic rings. The summed E-state index contributed by atoms with van der Waals surface area (Å²) in [6, 6.07) is 15.5. The number of benzene rings is 2. The van der Waals surface area contributed by atoms with Crippen LogP contribution >= 0.6 is 45.2 Å². The number of hydroxylamine groups is 3. The van der Waals surface area contributed by atoms with Gasteiger partial charge in [-0.3, -0.25) is 0 Å². The molecule has 1 unspecified atom stereocenters. The van der Waals surface area contributed by atoms with E-state index in [1.54, 1.807) is 7.05 Å². The lowest BCUT2D eigenvalue weighted by Gasteiger charge is -2.40. The van der Waals surface area contributed by atoms with Gasteiger partial charge in [-0.15, -0.1) is 0 Å². The zero-order valence-corrected chi connectivity index (χ0v) is 16.0. The standard InChI is InChI=1S/C16H17I2NO2/c1-19(21,10-12-6-2-4-8-14(12)17)11-16(20)13-7-3-5-9-15(13)18/h2-9,16,20H,10-11H2,1H3/t16-,19?/m0/s1. The van der Waals surface area contributed by atoms with Crippen molar-refractivity contribution >= 4 is 45.2 Å². The fourth-order valence-electron chi connectivity index (χ4n) is 2.26. The Morgan fingerprint density at radius 2 is 1.62 bits per heavy atom. The van der Waals surface area contributed by atoms with Crippen LogP contribution < -0.4 is 0 Å². The fraction of sp³-hybridized carbons (Fsp3) is 0.250. The maximum atomic E-state index is 12.7. The van der Waals surface area contributed by atoms with Gasteiger partial charge < -0.3 is 15.0 Å². The summed E-state index contributed by atoms with van der Waals surface area (Å²) in [5.74, 6) is 0. The summed E-state index contributed by atoms with van der Waals surface area (Å²) in [5.41, 5.74) is 1.84. The Kier molecular flexibility index (Phi) is 6.01. The van der Waals surface area contributed by atoms with Crippen molar-refractivity contribution < 1.29 is 9.75 Å². The lowest BCUT2D eigenvalue weighted by atomic mass is 10.1. The average molecular weight is 509 g/mol. The molecule has 1 N–H and O–H groups in total. The highest BCUT2D eigenvalue weighted by Crippen LogP contribution is 2.24. The van der Waals surface area contributed by atoms with Crippen molar-refractivity contribution in [3.63, 3.8) is 0 Å². The number of quaternary nitrogens is 1. The molecule has 0 aromatic heterocycles. The van der Waals surface area contributed by atoms with Crippen LogP contribution in [0.5, 0.6) is 0 Å². The number of hydrogen-bond acceptors (Lipinski definition) is 2. The summed E-state index contributed by atoms with van der Waals surface area (Å²) in [5, 5.41) is 23.1. The van der Waals surface area contributed by atoms with Gasteiger partial charge in [-0.25, -0.2) is 0 Å². The van der Waals surface area contributed by atoms with Crippen LogP contribution in [-0.2, 0) is 6.54 Å². The highest BCUT2D eigenvalue weighted by atomic mass is 127. The highest BCUT2D eigenvalue weighted by molar-refractivity contribution is 14.1. The summed E-state index contributed by atoms with van der Waals surface area (Å²) in [4.78, 5) is 0. The first-order chi connectivity index (χ1) is 9.89. The van der Waals surface area contributed by atoms with Crippen LogP contribution in [0.1, 0.15) is 17.2 Å². The molecule has 0 radical (unpaired) electrons. The van der Waals surface area contributed by atoms with Gasteiger partial charge in [0.05, 0.1) is 7.05 Å². The minimum absolute atomic E-state index is 0.144. The molecule has 2 rings (SSSR count). The van der Waals surface area contributed by atoms with Crippen LogP contribution in [0.2, 0.25) is 0 Å². The SMILES string of the molecule is C[N+]([O-])(Cc1ccccc1I)C[C@H](O)c1ccccc1I. The van der Waals surface area contributed by atoms with Crippen molar-refractivity contribution in [3.8, 4) is 0 Å². The zero-order valence-electron chi connectivity index (χ0n) is 11.7. The van der Waals surface area contributed by atoms with Crippen LogP contribution in [0, 0.1) is 12.3 Å². The second-order valence-electron chi connectivity index (χ2n) is 5.27. The van der Waals surface area contributed by atoms with E-state index in [1.165, 1.54) is 0 Å². The molecule has 0 heterocycles. The Hall–Kier alpha value is -0.220. The van der Waals surface area contributed by atoms with E-state index < -0.39 is 10.8 Å². The molecule has 0 amide bonds. The second kappa shape index (κ2) is 7.36. The van der Waals surface area contributed by atoms with Crippen molar-refractivity contribution in [2.45, 2.75) is 12.6 Å². The normalized spacial score (nSPS) is 15.5. The molecule has 3 nitrogen and oxygen atoms in total. The highest BCUT2D eigenvalue weighted by Gasteiger charge is 2.21. The Morgan fingerprint density at radius 3 is 2.24 bits per heavy atom. The number of aliphatic hydroxyl groups excluding tert-OH is 1. The number of halogens is 2. The van der Waals surface area contributed by atoms with Crippen LogP contribution in [0.4, 0.5) is 0 Å². The van der Waals surface area contributed by atoms with Gasteiger partial charge in [-0.05, 0) is 62.9 Å². The molecule has 2 aromatic carbocycles. The minimum Gasteiger partial charge on any atom is -0.633 e. The van der Waals surface area contributed by atoms with Gasteiger partial charge in [0.1, 0.15) is 19.2 Å². The van der Waals surface area contributed by atoms with Crippen LogP contribution in [0.25, 0.3) is 0 Å². The molecular weight excluding hydrogens is 492 g/mol. The Bertz CT molecular complexity index is 617. The van der Waals surface area contributed by atoms with Crippen LogP contribution in [-0.4, -0.2) is 23.3 Å². The quantitative estimate of drug-likeness (QED) is 0.376. The zero-order chi connectivity index (χ0) is 15.5.